The molecule has 1 aromatic rings. The Morgan fingerprint density at radius 1 is 1.29 bits per heavy atom. The Labute approximate surface area is 85.5 Å². The van der Waals surface area contributed by atoms with Crippen LogP contribution in [0.1, 0.15) is 24.5 Å². The molecule has 1 atom stereocenters. The van der Waals surface area contributed by atoms with E-state index in [4.69, 9.17) is 0 Å². The summed E-state index contributed by atoms with van der Waals surface area (Å²) in [6.45, 7) is 1.86. The first-order valence-electron chi connectivity index (χ1n) is 5.14. The second-order valence-electron chi connectivity index (χ2n) is 3.73. The molecule has 1 heteroatoms. The molecule has 1 aliphatic carbocycles. The van der Waals surface area contributed by atoms with Crippen molar-refractivity contribution in [1.29, 1.82) is 0 Å². The largest absolute Gasteiger partial charge is 0.343 e. The van der Waals surface area contributed by atoms with Gasteiger partial charge in [0.25, 0.3) is 0 Å². The molecule has 0 aromatic heterocycles. The highest BCUT2D eigenvalue weighted by Gasteiger charge is 2.16. The average molecular weight is 185 g/mol. The van der Waals surface area contributed by atoms with Gasteiger partial charge < -0.3 is 5.32 Å². The second kappa shape index (κ2) is 4.19. The molecule has 0 heterocycles. The molecule has 0 saturated heterocycles. The quantitative estimate of drug-likeness (QED) is 0.522. The Balaban J connectivity index is 2.08. The van der Waals surface area contributed by atoms with E-state index in [-0.39, 0.29) is 0 Å². The minimum atomic E-state index is 0.539. The van der Waals surface area contributed by atoms with Gasteiger partial charge in [-0.2, -0.15) is 0 Å². The van der Waals surface area contributed by atoms with Gasteiger partial charge in [0, 0.05) is 12.1 Å². The van der Waals surface area contributed by atoms with Crippen LogP contribution in [0.5, 0.6) is 0 Å². The van der Waals surface area contributed by atoms with Crippen LogP contribution in [0.15, 0.2) is 24.3 Å². The second-order valence-corrected chi connectivity index (χ2v) is 3.73. The third kappa shape index (κ3) is 1.90. The van der Waals surface area contributed by atoms with Gasteiger partial charge in [0.2, 0.25) is 0 Å². The molecule has 0 aliphatic heterocycles. The molecule has 0 spiro atoms. The summed E-state index contributed by atoms with van der Waals surface area (Å²) in [5, 5.41) is 3.25. The van der Waals surface area contributed by atoms with Crippen molar-refractivity contribution in [1.82, 2.24) is 5.32 Å². The molecule has 0 saturated carbocycles. The summed E-state index contributed by atoms with van der Waals surface area (Å²) >= 11 is 0. The Kier molecular flexibility index (Phi) is 2.74. The first-order chi connectivity index (χ1) is 6.90. The van der Waals surface area contributed by atoms with Crippen molar-refractivity contribution >= 4 is 0 Å². The summed E-state index contributed by atoms with van der Waals surface area (Å²) in [5.74, 6) is 2.88. The van der Waals surface area contributed by atoms with Gasteiger partial charge in [0.05, 0.1) is 0 Å². The number of hydrogen-bond donors (Lipinski definition) is 1. The van der Waals surface area contributed by atoms with Crippen molar-refractivity contribution in [2.45, 2.75) is 32.2 Å². The maximum atomic E-state index is 3.25. The Hall–Kier alpha value is -1.42. The van der Waals surface area contributed by atoms with Gasteiger partial charge in [-0.05, 0) is 37.3 Å². The fourth-order valence-corrected chi connectivity index (χ4v) is 2.00. The van der Waals surface area contributed by atoms with Crippen LogP contribution >= 0.6 is 0 Å². The Morgan fingerprint density at radius 3 is 2.86 bits per heavy atom. The molecular weight excluding hydrogens is 170 g/mol. The van der Waals surface area contributed by atoms with E-state index in [1.165, 1.54) is 24.0 Å². The zero-order chi connectivity index (χ0) is 9.80. The van der Waals surface area contributed by atoms with E-state index >= 15 is 0 Å². The number of rotatable bonds is 1. The predicted octanol–water partition coefficient (Wildman–Crippen LogP) is 2.11. The zero-order valence-corrected chi connectivity index (χ0v) is 8.51. The van der Waals surface area contributed by atoms with E-state index in [0.29, 0.717) is 6.04 Å². The van der Waals surface area contributed by atoms with Gasteiger partial charge in [-0.3, -0.25) is 0 Å². The molecule has 1 nitrogen and oxygen atoms in total. The van der Waals surface area contributed by atoms with Gasteiger partial charge in [-0.25, -0.2) is 0 Å². The summed E-state index contributed by atoms with van der Waals surface area (Å²) in [5.41, 5.74) is 2.99. The van der Waals surface area contributed by atoms with Crippen LogP contribution in [-0.4, -0.2) is 6.04 Å². The maximum absolute atomic E-state index is 3.25. The molecule has 0 fully saturated rings. The third-order valence-electron chi connectivity index (χ3n) is 2.75. The van der Waals surface area contributed by atoms with E-state index in [1.54, 1.807) is 0 Å². The lowest BCUT2D eigenvalue weighted by Gasteiger charge is -2.23. The van der Waals surface area contributed by atoms with Crippen LogP contribution < -0.4 is 5.32 Å². The van der Waals surface area contributed by atoms with E-state index in [0.717, 1.165) is 6.42 Å². The van der Waals surface area contributed by atoms with E-state index < -0.39 is 0 Å². The topological polar surface area (TPSA) is 12.0 Å². The van der Waals surface area contributed by atoms with Crippen molar-refractivity contribution in [3.63, 3.8) is 0 Å². The molecule has 0 amide bonds. The first-order valence-corrected chi connectivity index (χ1v) is 5.14. The number of nitrogens with one attached hydrogen (secondary N) is 1. The average Bonchev–Trinajstić information content (AvgIpc) is 2.26. The van der Waals surface area contributed by atoms with Gasteiger partial charge in [0.1, 0.15) is 0 Å². The van der Waals surface area contributed by atoms with Gasteiger partial charge in [-0.15, -0.1) is 0 Å². The molecule has 1 unspecified atom stereocenters. The Bertz CT molecular complexity index is 370. The SMILES string of the molecule is CC#CNC1CCc2ccccc2C1. The lowest BCUT2D eigenvalue weighted by Crippen LogP contribution is -2.31. The van der Waals surface area contributed by atoms with Crippen LogP contribution in [0.2, 0.25) is 0 Å². The van der Waals surface area contributed by atoms with Crippen molar-refractivity contribution in [3.8, 4) is 12.0 Å². The van der Waals surface area contributed by atoms with Crippen molar-refractivity contribution in [2.75, 3.05) is 0 Å². The summed E-state index contributed by atoms with van der Waals surface area (Å²) in [6.07, 6.45) is 3.50. The summed E-state index contributed by atoms with van der Waals surface area (Å²) < 4.78 is 0. The number of fused-ring (bicyclic) bond motifs is 1. The third-order valence-corrected chi connectivity index (χ3v) is 2.75. The lowest BCUT2D eigenvalue weighted by atomic mass is 9.88. The van der Waals surface area contributed by atoms with E-state index in [1.807, 2.05) is 6.92 Å². The highest BCUT2D eigenvalue weighted by molar-refractivity contribution is 5.30. The Morgan fingerprint density at radius 2 is 2.07 bits per heavy atom. The zero-order valence-electron chi connectivity index (χ0n) is 8.51. The van der Waals surface area contributed by atoms with Gasteiger partial charge in [0.15, 0.2) is 0 Å². The number of hydrogen-bond acceptors (Lipinski definition) is 1. The maximum Gasteiger partial charge on any atom is 0.0384 e. The molecular formula is C13H15N. The summed E-state index contributed by atoms with van der Waals surface area (Å²) in [7, 11) is 0. The number of benzene rings is 1. The van der Waals surface area contributed by atoms with Crippen molar-refractivity contribution in [3.05, 3.63) is 35.4 Å². The predicted molar refractivity (Wildman–Crippen MR) is 58.8 cm³/mol. The summed E-state index contributed by atoms with van der Waals surface area (Å²) in [4.78, 5) is 0. The van der Waals surface area contributed by atoms with Gasteiger partial charge >= 0.3 is 0 Å². The monoisotopic (exact) mass is 185 g/mol. The minimum absolute atomic E-state index is 0.539. The standard InChI is InChI=1S/C13H15N/c1-2-9-14-13-8-7-11-5-3-4-6-12(11)10-13/h3-6,13-14H,7-8,10H2,1H3. The fourth-order valence-electron chi connectivity index (χ4n) is 2.00. The van der Waals surface area contributed by atoms with E-state index in [2.05, 4.69) is 41.5 Å². The highest BCUT2D eigenvalue weighted by atomic mass is 14.9. The molecule has 1 N–H and O–H groups in total. The van der Waals surface area contributed by atoms with Crippen molar-refractivity contribution < 1.29 is 0 Å². The molecule has 1 aliphatic rings. The van der Waals surface area contributed by atoms with Crippen LogP contribution in [-0.2, 0) is 12.8 Å². The van der Waals surface area contributed by atoms with Crippen LogP contribution in [0.4, 0.5) is 0 Å². The molecule has 1 aromatic carbocycles. The minimum Gasteiger partial charge on any atom is -0.343 e. The highest BCUT2D eigenvalue weighted by Crippen LogP contribution is 2.20. The molecule has 0 radical (unpaired) electrons. The fraction of sp³-hybridized carbons (Fsp3) is 0.385. The van der Waals surface area contributed by atoms with E-state index in [9.17, 15) is 0 Å². The first kappa shape index (κ1) is 9.15. The molecule has 0 bridgehead atoms. The van der Waals surface area contributed by atoms with Crippen LogP contribution in [0.3, 0.4) is 0 Å². The normalized spacial score (nSPS) is 19.1. The smallest absolute Gasteiger partial charge is 0.0384 e. The molecule has 72 valence electrons. The van der Waals surface area contributed by atoms with Gasteiger partial charge in [-0.1, -0.05) is 30.2 Å². The van der Waals surface area contributed by atoms with Crippen LogP contribution in [0.25, 0.3) is 0 Å². The molecule has 2 rings (SSSR count). The van der Waals surface area contributed by atoms with Crippen LogP contribution in [0, 0.1) is 12.0 Å². The number of aryl methyl sites for hydroxylation is 1. The molecule has 14 heavy (non-hydrogen) atoms. The lowest BCUT2D eigenvalue weighted by molar-refractivity contribution is 0.522. The van der Waals surface area contributed by atoms with Crippen molar-refractivity contribution in [2.24, 2.45) is 0 Å². The summed E-state index contributed by atoms with van der Waals surface area (Å²) in [6, 6.07) is 12.2.